The van der Waals surface area contributed by atoms with Crippen molar-refractivity contribution < 1.29 is 0 Å². The number of rotatable bonds is 0. The molecule has 0 bridgehead atoms. The highest BCUT2D eigenvalue weighted by molar-refractivity contribution is 5.81. The smallest absolute Gasteiger partial charge is 0.0994 e. The summed E-state index contributed by atoms with van der Waals surface area (Å²) in [5.41, 5.74) is 2.79. The molecule has 0 saturated carbocycles. The number of hydrogen-bond donors (Lipinski definition) is 0. The van der Waals surface area contributed by atoms with Crippen LogP contribution >= 0.6 is 0 Å². The van der Waals surface area contributed by atoms with Crippen LogP contribution in [0.2, 0.25) is 0 Å². The van der Waals surface area contributed by atoms with Crippen LogP contribution in [0, 0.1) is 18.3 Å². The number of aryl methyl sites for hydroxylation is 2. The van der Waals surface area contributed by atoms with Crippen LogP contribution < -0.4 is 0 Å². The van der Waals surface area contributed by atoms with Gasteiger partial charge in [0.1, 0.15) is 0 Å². The summed E-state index contributed by atoms with van der Waals surface area (Å²) in [5, 5.41) is 13.9. The van der Waals surface area contributed by atoms with Crippen LogP contribution in [0.25, 0.3) is 10.9 Å². The van der Waals surface area contributed by atoms with E-state index in [4.69, 9.17) is 5.26 Å². The van der Waals surface area contributed by atoms with Crippen LogP contribution in [-0.4, -0.2) is 9.78 Å². The number of aromatic nitrogens is 2. The Hall–Kier alpha value is -1.82. The molecule has 0 saturated heterocycles. The second kappa shape index (κ2) is 7.45. The van der Waals surface area contributed by atoms with Gasteiger partial charge in [0.2, 0.25) is 0 Å². The molecule has 0 unspecified atom stereocenters. The topological polar surface area (TPSA) is 41.6 Å². The van der Waals surface area contributed by atoms with Gasteiger partial charge in [-0.05, 0) is 24.6 Å². The summed E-state index contributed by atoms with van der Waals surface area (Å²) in [7, 11) is 1.90. The van der Waals surface area contributed by atoms with Crippen molar-refractivity contribution in [3.63, 3.8) is 0 Å². The first-order chi connectivity index (χ1) is 8.22. The Labute approximate surface area is 104 Å². The first-order valence-corrected chi connectivity index (χ1v) is 6.05. The predicted octanol–water partition coefficient (Wildman–Crippen LogP) is 3.81. The van der Waals surface area contributed by atoms with Crippen molar-refractivity contribution >= 4 is 10.9 Å². The SMILES string of the molecule is CC.CC.Cc1cc2c(cnn2C)cc1C#N. The molecule has 1 aromatic carbocycles. The third kappa shape index (κ3) is 3.32. The molecule has 0 aliphatic heterocycles. The lowest BCUT2D eigenvalue weighted by Gasteiger charge is -1.98. The maximum absolute atomic E-state index is 8.81. The highest BCUT2D eigenvalue weighted by Gasteiger charge is 2.03. The van der Waals surface area contributed by atoms with Gasteiger partial charge in [-0.2, -0.15) is 10.4 Å². The molecule has 0 amide bonds. The van der Waals surface area contributed by atoms with Gasteiger partial charge in [0.15, 0.2) is 0 Å². The zero-order chi connectivity index (χ0) is 13.4. The summed E-state index contributed by atoms with van der Waals surface area (Å²) < 4.78 is 1.81. The van der Waals surface area contributed by atoms with Crippen LogP contribution in [0.4, 0.5) is 0 Å². The first kappa shape index (κ1) is 15.2. The van der Waals surface area contributed by atoms with Crippen LogP contribution in [0.5, 0.6) is 0 Å². The number of hydrogen-bond acceptors (Lipinski definition) is 2. The zero-order valence-corrected chi connectivity index (χ0v) is 11.6. The van der Waals surface area contributed by atoms with Crippen LogP contribution in [-0.2, 0) is 7.05 Å². The maximum Gasteiger partial charge on any atom is 0.0994 e. The summed E-state index contributed by atoms with van der Waals surface area (Å²) in [6.07, 6.45) is 1.77. The molecule has 92 valence electrons. The van der Waals surface area contributed by atoms with E-state index in [1.165, 1.54) is 0 Å². The van der Waals surface area contributed by atoms with Gasteiger partial charge in [-0.15, -0.1) is 0 Å². The number of nitriles is 1. The van der Waals surface area contributed by atoms with Crippen molar-refractivity contribution in [2.45, 2.75) is 34.6 Å². The Morgan fingerprint density at radius 3 is 2.29 bits per heavy atom. The number of nitrogens with zero attached hydrogens (tertiary/aromatic N) is 3. The van der Waals surface area contributed by atoms with Crippen molar-refractivity contribution in [3.8, 4) is 6.07 Å². The summed E-state index contributed by atoms with van der Waals surface area (Å²) in [6.45, 7) is 9.94. The third-order valence-corrected chi connectivity index (χ3v) is 2.21. The molecule has 3 heteroatoms. The molecule has 0 fully saturated rings. The lowest BCUT2D eigenvalue weighted by molar-refractivity contribution is 0.796. The molecule has 1 aromatic heterocycles. The predicted molar refractivity (Wildman–Crippen MR) is 72.9 cm³/mol. The van der Waals surface area contributed by atoms with E-state index in [2.05, 4.69) is 11.2 Å². The van der Waals surface area contributed by atoms with Crippen LogP contribution in [0.1, 0.15) is 38.8 Å². The van der Waals surface area contributed by atoms with Crippen LogP contribution in [0.3, 0.4) is 0 Å². The average Bonchev–Trinajstić information content (AvgIpc) is 2.74. The highest BCUT2D eigenvalue weighted by Crippen LogP contribution is 2.17. The minimum absolute atomic E-state index is 0.723. The molecule has 2 aromatic rings. The van der Waals surface area contributed by atoms with E-state index >= 15 is 0 Å². The van der Waals surface area contributed by atoms with Gasteiger partial charge in [0.25, 0.3) is 0 Å². The van der Waals surface area contributed by atoms with E-state index < -0.39 is 0 Å². The molecule has 0 atom stereocenters. The minimum Gasteiger partial charge on any atom is -0.268 e. The number of benzene rings is 1. The van der Waals surface area contributed by atoms with Gasteiger partial charge in [-0.3, -0.25) is 4.68 Å². The van der Waals surface area contributed by atoms with E-state index in [0.717, 1.165) is 22.0 Å². The van der Waals surface area contributed by atoms with Gasteiger partial charge in [0.05, 0.1) is 23.3 Å². The van der Waals surface area contributed by atoms with Crippen molar-refractivity contribution in [1.82, 2.24) is 9.78 Å². The molecule has 2 rings (SSSR count). The summed E-state index contributed by atoms with van der Waals surface area (Å²) in [6, 6.07) is 6.02. The Bertz CT molecular complexity index is 504. The minimum atomic E-state index is 0.723. The molecule has 0 N–H and O–H groups in total. The lowest BCUT2D eigenvalue weighted by atomic mass is 10.1. The van der Waals surface area contributed by atoms with Gasteiger partial charge in [-0.1, -0.05) is 27.7 Å². The van der Waals surface area contributed by atoms with Crippen molar-refractivity contribution in [3.05, 3.63) is 29.5 Å². The molecule has 17 heavy (non-hydrogen) atoms. The van der Waals surface area contributed by atoms with Gasteiger partial charge < -0.3 is 0 Å². The fourth-order valence-electron chi connectivity index (χ4n) is 1.42. The quantitative estimate of drug-likeness (QED) is 0.692. The molecule has 3 nitrogen and oxygen atoms in total. The lowest BCUT2D eigenvalue weighted by Crippen LogP contribution is -1.90. The molecule has 0 aliphatic rings. The Kier molecular flexibility index (Phi) is 6.65. The van der Waals surface area contributed by atoms with E-state index in [1.54, 1.807) is 6.20 Å². The second-order valence-electron chi connectivity index (χ2n) is 3.11. The van der Waals surface area contributed by atoms with Crippen molar-refractivity contribution in [2.75, 3.05) is 0 Å². The standard InChI is InChI=1S/C10H9N3.2C2H6/c1-7-3-10-9(4-8(7)5-11)6-12-13(10)2;2*1-2/h3-4,6H,1-2H3;2*1-2H3. The molecular formula is C14H21N3. The summed E-state index contributed by atoms with van der Waals surface area (Å²) >= 11 is 0. The van der Waals surface area contributed by atoms with E-state index in [-0.39, 0.29) is 0 Å². The Balaban J connectivity index is 0.000000581. The zero-order valence-electron chi connectivity index (χ0n) is 11.6. The van der Waals surface area contributed by atoms with Gasteiger partial charge in [0, 0.05) is 12.4 Å². The van der Waals surface area contributed by atoms with E-state index in [0.29, 0.717) is 0 Å². The van der Waals surface area contributed by atoms with Crippen molar-refractivity contribution in [2.24, 2.45) is 7.05 Å². The largest absolute Gasteiger partial charge is 0.268 e. The fourth-order valence-corrected chi connectivity index (χ4v) is 1.42. The third-order valence-electron chi connectivity index (χ3n) is 2.21. The van der Waals surface area contributed by atoms with Gasteiger partial charge in [-0.25, -0.2) is 0 Å². The molecular weight excluding hydrogens is 210 g/mol. The first-order valence-electron chi connectivity index (χ1n) is 6.05. The monoisotopic (exact) mass is 231 g/mol. The summed E-state index contributed by atoms with van der Waals surface area (Å²) in [4.78, 5) is 0. The van der Waals surface area contributed by atoms with E-state index in [9.17, 15) is 0 Å². The molecule has 1 heterocycles. The Morgan fingerprint density at radius 1 is 1.18 bits per heavy atom. The van der Waals surface area contributed by atoms with E-state index in [1.807, 2.05) is 58.5 Å². The second-order valence-corrected chi connectivity index (χ2v) is 3.11. The summed E-state index contributed by atoms with van der Waals surface area (Å²) in [5.74, 6) is 0. The van der Waals surface area contributed by atoms with Crippen molar-refractivity contribution in [1.29, 1.82) is 5.26 Å². The number of fused-ring (bicyclic) bond motifs is 1. The molecule has 0 radical (unpaired) electrons. The fraction of sp³-hybridized carbons (Fsp3) is 0.429. The normalized spacial score (nSPS) is 8.53. The molecule has 0 spiro atoms. The maximum atomic E-state index is 8.81. The molecule has 0 aliphatic carbocycles. The highest BCUT2D eigenvalue weighted by atomic mass is 15.2. The van der Waals surface area contributed by atoms with Gasteiger partial charge >= 0.3 is 0 Å². The van der Waals surface area contributed by atoms with Crippen LogP contribution in [0.15, 0.2) is 18.3 Å². The Morgan fingerprint density at radius 2 is 1.76 bits per heavy atom. The average molecular weight is 231 g/mol.